The molecule has 0 unspecified atom stereocenters. The first kappa shape index (κ1) is 18.9. The van der Waals surface area contributed by atoms with E-state index in [2.05, 4.69) is 19.2 Å². The third-order valence-corrected chi connectivity index (χ3v) is 6.65. The number of carbonyl (C=O) groups is 1. The van der Waals surface area contributed by atoms with Crippen molar-refractivity contribution in [2.45, 2.75) is 39.2 Å². The lowest BCUT2D eigenvalue weighted by molar-refractivity contribution is 0.0892. The molecule has 0 saturated heterocycles. The van der Waals surface area contributed by atoms with E-state index in [1.54, 1.807) is 0 Å². The number of rotatable bonds is 3. The first-order valence-electron chi connectivity index (χ1n) is 10.7. The van der Waals surface area contributed by atoms with Gasteiger partial charge in [0, 0.05) is 17.0 Å². The minimum absolute atomic E-state index is 0.0263. The zero-order valence-electron chi connectivity index (χ0n) is 17.4. The van der Waals surface area contributed by atoms with Crippen LogP contribution in [0, 0.1) is 11.8 Å². The number of nitrogens with one attached hydrogen (secondary N) is 1. The Bertz CT molecular complexity index is 1110. The van der Waals surface area contributed by atoms with Gasteiger partial charge in [-0.3, -0.25) is 4.79 Å². The van der Waals surface area contributed by atoms with Crippen molar-refractivity contribution < 1.29 is 14.3 Å². The molecule has 1 amide bonds. The van der Waals surface area contributed by atoms with Gasteiger partial charge in [-0.1, -0.05) is 44.9 Å². The van der Waals surface area contributed by atoms with Crippen LogP contribution in [-0.4, -0.2) is 23.7 Å². The molecule has 1 N–H and O–H groups in total. The molecule has 1 aromatic heterocycles. The second kappa shape index (κ2) is 7.63. The molecule has 5 nitrogen and oxygen atoms in total. The van der Waals surface area contributed by atoms with Crippen LogP contribution in [0.5, 0.6) is 11.5 Å². The van der Waals surface area contributed by atoms with E-state index in [-0.39, 0.29) is 18.7 Å². The molecule has 5 heteroatoms. The van der Waals surface area contributed by atoms with E-state index in [1.807, 2.05) is 48.5 Å². The summed E-state index contributed by atoms with van der Waals surface area (Å²) in [5.74, 6) is 2.52. The van der Waals surface area contributed by atoms with Crippen molar-refractivity contribution in [2.75, 3.05) is 6.79 Å². The summed E-state index contributed by atoms with van der Waals surface area (Å²) in [4.78, 5) is 18.2. The maximum absolute atomic E-state index is 13.4. The predicted molar refractivity (Wildman–Crippen MR) is 117 cm³/mol. The van der Waals surface area contributed by atoms with Crippen molar-refractivity contribution in [2.24, 2.45) is 11.8 Å². The molecule has 3 aromatic rings. The molecular weight excluding hydrogens is 376 g/mol. The van der Waals surface area contributed by atoms with Gasteiger partial charge in [-0.25, -0.2) is 4.98 Å². The Morgan fingerprint density at radius 2 is 1.87 bits per heavy atom. The summed E-state index contributed by atoms with van der Waals surface area (Å²) in [5, 5.41) is 4.19. The molecule has 2 heterocycles. The van der Waals surface area contributed by atoms with Crippen molar-refractivity contribution in [3.05, 3.63) is 54.1 Å². The molecule has 1 aliphatic carbocycles. The molecule has 1 aliphatic heterocycles. The van der Waals surface area contributed by atoms with E-state index in [0.29, 0.717) is 23.1 Å². The quantitative estimate of drug-likeness (QED) is 0.655. The van der Waals surface area contributed by atoms with Gasteiger partial charge in [0.1, 0.15) is 0 Å². The van der Waals surface area contributed by atoms with E-state index in [1.165, 1.54) is 6.42 Å². The van der Waals surface area contributed by atoms with Gasteiger partial charge in [0.15, 0.2) is 11.5 Å². The van der Waals surface area contributed by atoms with Gasteiger partial charge in [0.2, 0.25) is 6.79 Å². The van der Waals surface area contributed by atoms with Crippen LogP contribution in [0.15, 0.2) is 48.5 Å². The van der Waals surface area contributed by atoms with Crippen LogP contribution in [0.25, 0.3) is 22.2 Å². The number of para-hydroxylation sites is 1. The Kier molecular flexibility index (Phi) is 4.81. The first-order chi connectivity index (χ1) is 14.6. The van der Waals surface area contributed by atoms with Crippen molar-refractivity contribution in [1.29, 1.82) is 0 Å². The average Bonchev–Trinajstić information content (AvgIpc) is 3.24. The van der Waals surface area contributed by atoms with Crippen molar-refractivity contribution in [1.82, 2.24) is 10.3 Å². The number of hydrogen-bond acceptors (Lipinski definition) is 4. The Morgan fingerprint density at radius 1 is 1.03 bits per heavy atom. The Labute approximate surface area is 176 Å². The van der Waals surface area contributed by atoms with Crippen molar-refractivity contribution >= 4 is 16.8 Å². The normalized spacial score (nSPS) is 22.8. The number of ether oxygens (including phenoxy) is 2. The van der Waals surface area contributed by atoms with E-state index in [9.17, 15) is 4.79 Å². The highest BCUT2D eigenvalue weighted by molar-refractivity contribution is 6.07. The van der Waals surface area contributed by atoms with Gasteiger partial charge in [0.25, 0.3) is 5.91 Å². The lowest BCUT2D eigenvalue weighted by atomic mass is 9.78. The van der Waals surface area contributed by atoms with Crippen LogP contribution in [-0.2, 0) is 0 Å². The molecule has 30 heavy (non-hydrogen) atoms. The van der Waals surface area contributed by atoms with Gasteiger partial charge >= 0.3 is 0 Å². The molecule has 0 radical (unpaired) electrons. The average molecular weight is 402 g/mol. The number of amides is 1. The summed E-state index contributed by atoms with van der Waals surface area (Å²) in [6.45, 7) is 4.76. The van der Waals surface area contributed by atoms with Crippen LogP contribution < -0.4 is 14.8 Å². The summed E-state index contributed by atoms with van der Waals surface area (Å²) in [7, 11) is 0. The number of fused-ring (bicyclic) bond motifs is 2. The van der Waals surface area contributed by atoms with E-state index in [4.69, 9.17) is 14.5 Å². The lowest BCUT2D eigenvalue weighted by Gasteiger charge is -2.34. The largest absolute Gasteiger partial charge is 0.454 e. The highest BCUT2D eigenvalue weighted by Crippen LogP contribution is 2.36. The first-order valence-corrected chi connectivity index (χ1v) is 10.7. The second-order valence-corrected chi connectivity index (χ2v) is 8.49. The minimum atomic E-state index is -0.0263. The molecule has 0 bridgehead atoms. The fourth-order valence-corrected chi connectivity index (χ4v) is 4.60. The summed E-state index contributed by atoms with van der Waals surface area (Å²) >= 11 is 0. The van der Waals surface area contributed by atoms with Crippen LogP contribution in [0.4, 0.5) is 0 Å². The standard InChI is InChI=1S/C25H26N2O3/c1-15-6-5-9-20(16(15)2)27-25(28)19-13-22(26-21-8-4-3-7-18(19)21)17-10-11-23-24(12-17)30-14-29-23/h3-4,7-8,10-13,15-16,20H,5-6,9,14H2,1-2H3,(H,27,28)/t15-,16+,20-/m1/s1. The predicted octanol–water partition coefficient (Wildman–Crippen LogP) is 5.19. The Hall–Kier alpha value is -3.08. The third-order valence-electron chi connectivity index (χ3n) is 6.65. The highest BCUT2D eigenvalue weighted by Gasteiger charge is 2.29. The number of nitrogens with zero attached hydrogens (tertiary/aromatic N) is 1. The zero-order valence-corrected chi connectivity index (χ0v) is 17.4. The molecule has 1 saturated carbocycles. The van der Waals surface area contributed by atoms with E-state index < -0.39 is 0 Å². The second-order valence-electron chi connectivity index (χ2n) is 8.49. The summed E-state index contributed by atoms with van der Waals surface area (Å²) < 4.78 is 10.9. The van der Waals surface area contributed by atoms with Gasteiger partial charge < -0.3 is 14.8 Å². The molecule has 154 valence electrons. The summed E-state index contributed by atoms with van der Waals surface area (Å²) in [5.41, 5.74) is 3.13. The van der Waals surface area contributed by atoms with Gasteiger partial charge in [-0.15, -0.1) is 0 Å². The number of carbonyl (C=O) groups excluding carboxylic acids is 1. The molecule has 2 aliphatic rings. The summed E-state index contributed by atoms with van der Waals surface area (Å²) in [6.07, 6.45) is 3.44. The van der Waals surface area contributed by atoms with Gasteiger partial charge in [-0.05, 0) is 48.6 Å². The maximum atomic E-state index is 13.4. The highest BCUT2D eigenvalue weighted by atomic mass is 16.7. The van der Waals surface area contributed by atoms with Crippen LogP contribution in [0.3, 0.4) is 0 Å². The molecule has 3 atom stereocenters. The van der Waals surface area contributed by atoms with Crippen LogP contribution in [0.1, 0.15) is 43.5 Å². The molecular formula is C25H26N2O3. The fraction of sp³-hybridized carbons (Fsp3) is 0.360. The Morgan fingerprint density at radius 3 is 2.77 bits per heavy atom. The third kappa shape index (κ3) is 3.38. The number of benzene rings is 2. The number of hydrogen-bond donors (Lipinski definition) is 1. The fourth-order valence-electron chi connectivity index (χ4n) is 4.60. The van der Waals surface area contributed by atoms with Crippen LogP contribution in [0.2, 0.25) is 0 Å². The monoisotopic (exact) mass is 402 g/mol. The van der Waals surface area contributed by atoms with Crippen molar-refractivity contribution in [3.63, 3.8) is 0 Å². The topological polar surface area (TPSA) is 60.5 Å². The van der Waals surface area contributed by atoms with Gasteiger partial charge in [-0.2, -0.15) is 0 Å². The maximum Gasteiger partial charge on any atom is 0.252 e. The molecule has 1 fully saturated rings. The molecule has 2 aromatic carbocycles. The summed E-state index contributed by atoms with van der Waals surface area (Å²) in [6, 6.07) is 15.7. The lowest BCUT2D eigenvalue weighted by Crippen LogP contribution is -2.43. The van der Waals surface area contributed by atoms with Crippen molar-refractivity contribution in [3.8, 4) is 22.8 Å². The van der Waals surface area contributed by atoms with Gasteiger partial charge in [0.05, 0.1) is 16.8 Å². The SMILES string of the molecule is C[C@H]1[C@H](C)CCC[C@H]1NC(=O)c1cc(-c2ccc3c(c2)OCO3)nc2ccccc12. The number of aromatic nitrogens is 1. The Balaban J connectivity index is 1.53. The smallest absolute Gasteiger partial charge is 0.252 e. The number of pyridine rings is 1. The van der Waals surface area contributed by atoms with E-state index in [0.717, 1.165) is 40.8 Å². The molecule has 5 rings (SSSR count). The zero-order chi connectivity index (χ0) is 20.7. The van der Waals surface area contributed by atoms with Crippen LogP contribution >= 0.6 is 0 Å². The minimum Gasteiger partial charge on any atom is -0.454 e. The molecule has 0 spiro atoms. The van der Waals surface area contributed by atoms with E-state index >= 15 is 0 Å².